The first-order valence-corrected chi connectivity index (χ1v) is 11.5. The van der Waals surface area contributed by atoms with Gasteiger partial charge in [-0.3, -0.25) is 0 Å². The van der Waals surface area contributed by atoms with Gasteiger partial charge in [0.2, 0.25) is 10.0 Å². The summed E-state index contributed by atoms with van der Waals surface area (Å²) in [5.74, 6) is -0.391. The molecule has 0 saturated carbocycles. The molecule has 6 nitrogen and oxygen atoms in total. The summed E-state index contributed by atoms with van der Waals surface area (Å²) in [5, 5.41) is 0. The zero-order valence-electron chi connectivity index (χ0n) is 18.2. The number of esters is 1. The van der Waals surface area contributed by atoms with Gasteiger partial charge in [0.05, 0.1) is 23.7 Å². The fourth-order valence-electron chi connectivity index (χ4n) is 3.76. The van der Waals surface area contributed by atoms with E-state index in [1.807, 2.05) is 27.7 Å². The zero-order valence-corrected chi connectivity index (χ0v) is 19.1. The molecule has 2 aromatic rings. The Morgan fingerprint density at radius 3 is 2.13 bits per heavy atom. The SMILES string of the molecule is Cc1c(C)c(C)c(C(=O)OCc2cccc(S(=O)(=O)N3CCOCC3)c2)c(C)c1C. The van der Waals surface area contributed by atoms with Gasteiger partial charge in [-0.05, 0) is 80.1 Å². The number of carbonyl (C=O) groups is 1. The van der Waals surface area contributed by atoms with E-state index in [1.54, 1.807) is 24.3 Å². The molecule has 1 aliphatic rings. The van der Waals surface area contributed by atoms with E-state index in [2.05, 4.69) is 6.92 Å². The van der Waals surface area contributed by atoms with Gasteiger partial charge in [0.1, 0.15) is 6.61 Å². The Balaban J connectivity index is 1.79. The van der Waals surface area contributed by atoms with Crippen molar-refractivity contribution in [3.05, 3.63) is 63.2 Å². The van der Waals surface area contributed by atoms with E-state index >= 15 is 0 Å². The number of benzene rings is 2. The van der Waals surface area contributed by atoms with Crippen molar-refractivity contribution in [3.63, 3.8) is 0 Å². The maximum absolute atomic E-state index is 12.9. The van der Waals surface area contributed by atoms with Gasteiger partial charge in [0, 0.05) is 13.1 Å². The highest BCUT2D eigenvalue weighted by Crippen LogP contribution is 2.27. The second kappa shape index (κ2) is 8.88. The Bertz CT molecular complexity index is 1040. The number of carbonyl (C=O) groups excluding carboxylic acids is 1. The second-order valence-corrected chi connectivity index (χ2v) is 9.68. The molecule has 3 rings (SSSR count). The first-order chi connectivity index (χ1) is 14.1. The van der Waals surface area contributed by atoms with Crippen molar-refractivity contribution in [2.45, 2.75) is 46.1 Å². The van der Waals surface area contributed by atoms with Crippen molar-refractivity contribution in [1.29, 1.82) is 0 Å². The van der Waals surface area contributed by atoms with Crippen LogP contribution in [-0.4, -0.2) is 45.0 Å². The summed E-state index contributed by atoms with van der Waals surface area (Å²) in [6, 6.07) is 6.57. The van der Waals surface area contributed by atoms with Crippen LogP contribution >= 0.6 is 0 Å². The zero-order chi connectivity index (χ0) is 22.1. The predicted molar refractivity (Wildman–Crippen MR) is 115 cm³/mol. The first kappa shape index (κ1) is 22.5. The summed E-state index contributed by atoms with van der Waals surface area (Å²) in [6.07, 6.45) is 0. The monoisotopic (exact) mass is 431 g/mol. The third-order valence-electron chi connectivity index (χ3n) is 6.08. The Morgan fingerprint density at radius 1 is 0.967 bits per heavy atom. The normalized spacial score (nSPS) is 15.2. The fourth-order valence-corrected chi connectivity index (χ4v) is 5.24. The molecule has 1 aliphatic heterocycles. The van der Waals surface area contributed by atoms with E-state index in [-0.39, 0.29) is 11.5 Å². The molecular formula is C23H29NO5S. The van der Waals surface area contributed by atoms with Crippen molar-refractivity contribution in [2.24, 2.45) is 0 Å². The largest absolute Gasteiger partial charge is 0.457 e. The molecule has 0 radical (unpaired) electrons. The molecule has 162 valence electrons. The number of hydrogen-bond acceptors (Lipinski definition) is 5. The second-order valence-electron chi connectivity index (χ2n) is 7.74. The lowest BCUT2D eigenvalue weighted by Crippen LogP contribution is -2.40. The van der Waals surface area contributed by atoms with Crippen molar-refractivity contribution < 1.29 is 22.7 Å². The van der Waals surface area contributed by atoms with Gasteiger partial charge in [0.25, 0.3) is 0 Å². The topological polar surface area (TPSA) is 72.9 Å². The lowest BCUT2D eigenvalue weighted by Gasteiger charge is -2.26. The average molecular weight is 432 g/mol. The van der Waals surface area contributed by atoms with Crippen LogP contribution in [-0.2, 0) is 26.1 Å². The molecule has 7 heteroatoms. The number of sulfonamides is 1. The summed E-state index contributed by atoms with van der Waals surface area (Å²) in [4.78, 5) is 13.0. The van der Waals surface area contributed by atoms with Gasteiger partial charge in [-0.2, -0.15) is 4.31 Å². The lowest BCUT2D eigenvalue weighted by atomic mass is 9.90. The molecular weight excluding hydrogens is 402 g/mol. The lowest BCUT2D eigenvalue weighted by molar-refractivity contribution is 0.0470. The van der Waals surface area contributed by atoms with Crippen LogP contribution in [0.1, 0.15) is 43.7 Å². The van der Waals surface area contributed by atoms with Crippen LogP contribution in [0.4, 0.5) is 0 Å². The van der Waals surface area contributed by atoms with Crippen LogP contribution in [0.2, 0.25) is 0 Å². The Kier molecular flexibility index (Phi) is 6.65. The molecule has 1 fully saturated rings. The van der Waals surface area contributed by atoms with E-state index in [1.165, 1.54) is 9.87 Å². The van der Waals surface area contributed by atoms with E-state index < -0.39 is 16.0 Å². The van der Waals surface area contributed by atoms with Crippen molar-refractivity contribution in [3.8, 4) is 0 Å². The molecule has 0 atom stereocenters. The fraction of sp³-hybridized carbons (Fsp3) is 0.435. The van der Waals surface area contributed by atoms with Crippen molar-refractivity contribution in [2.75, 3.05) is 26.3 Å². The highest BCUT2D eigenvalue weighted by atomic mass is 32.2. The Hall–Kier alpha value is -2.22. The molecule has 1 saturated heterocycles. The minimum Gasteiger partial charge on any atom is -0.457 e. The van der Waals surface area contributed by atoms with Crippen LogP contribution in [0, 0.1) is 34.6 Å². The summed E-state index contributed by atoms with van der Waals surface area (Å²) >= 11 is 0. The molecule has 30 heavy (non-hydrogen) atoms. The van der Waals surface area contributed by atoms with E-state index in [9.17, 15) is 13.2 Å². The number of morpholine rings is 1. The third kappa shape index (κ3) is 4.29. The van der Waals surface area contributed by atoms with Gasteiger partial charge in [-0.1, -0.05) is 12.1 Å². The molecule has 0 spiro atoms. The van der Waals surface area contributed by atoms with Crippen LogP contribution in [0.5, 0.6) is 0 Å². The molecule has 0 unspecified atom stereocenters. The smallest absolute Gasteiger partial charge is 0.339 e. The standard InChI is InChI=1S/C23H29NO5S/c1-15-16(2)18(4)22(19(5)17(15)3)23(25)29-14-20-7-6-8-21(13-20)30(26,27)24-9-11-28-12-10-24/h6-8,13H,9-12,14H2,1-5H3. The highest BCUT2D eigenvalue weighted by molar-refractivity contribution is 7.89. The summed E-state index contributed by atoms with van der Waals surface area (Å²) in [7, 11) is -3.59. The van der Waals surface area contributed by atoms with Crippen molar-refractivity contribution in [1.82, 2.24) is 4.31 Å². The van der Waals surface area contributed by atoms with Gasteiger partial charge < -0.3 is 9.47 Å². The number of ether oxygens (including phenoxy) is 2. The highest BCUT2D eigenvalue weighted by Gasteiger charge is 2.26. The summed E-state index contributed by atoms with van der Waals surface area (Å²) in [6.45, 7) is 11.4. The van der Waals surface area contributed by atoms with E-state index in [4.69, 9.17) is 9.47 Å². The molecule has 1 heterocycles. The maximum atomic E-state index is 12.9. The Morgan fingerprint density at radius 2 is 1.53 bits per heavy atom. The van der Waals surface area contributed by atoms with Crippen molar-refractivity contribution >= 4 is 16.0 Å². The van der Waals surface area contributed by atoms with Gasteiger partial charge >= 0.3 is 5.97 Å². The first-order valence-electron chi connectivity index (χ1n) is 10.1. The third-order valence-corrected chi connectivity index (χ3v) is 7.97. The average Bonchev–Trinajstić information content (AvgIpc) is 2.76. The molecule has 0 aliphatic carbocycles. The quantitative estimate of drug-likeness (QED) is 0.677. The van der Waals surface area contributed by atoms with Gasteiger partial charge in [-0.15, -0.1) is 0 Å². The van der Waals surface area contributed by atoms with E-state index in [0.29, 0.717) is 37.4 Å². The molecule has 0 bridgehead atoms. The predicted octanol–water partition coefficient (Wildman–Crippen LogP) is 3.61. The minimum atomic E-state index is -3.59. The summed E-state index contributed by atoms with van der Waals surface area (Å²) in [5.41, 5.74) is 6.42. The number of nitrogens with zero attached hydrogens (tertiary/aromatic N) is 1. The van der Waals surface area contributed by atoms with Crippen LogP contribution in [0.25, 0.3) is 0 Å². The molecule has 0 N–H and O–H groups in total. The number of hydrogen-bond donors (Lipinski definition) is 0. The van der Waals surface area contributed by atoms with E-state index in [0.717, 1.165) is 22.3 Å². The van der Waals surface area contributed by atoms with Gasteiger partial charge in [-0.25, -0.2) is 13.2 Å². The van der Waals surface area contributed by atoms with Gasteiger partial charge in [0.15, 0.2) is 0 Å². The minimum absolute atomic E-state index is 0.0101. The molecule has 0 aromatic heterocycles. The maximum Gasteiger partial charge on any atom is 0.339 e. The van der Waals surface area contributed by atoms with Crippen LogP contribution in [0.15, 0.2) is 29.2 Å². The van der Waals surface area contributed by atoms with Crippen LogP contribution < -0.4 is 0 Å². The molecule has 0 amide bonds. The number of rotatable bonds is 5. The van der Waals surface area contributed by atoms with Crippen LogP contribution in [0.3, 0.4) is 0 Å². The Labute approximate surface area is 178 Å². The molecule has 2 aromatic carbocycles. The summed E-state index contributed by atoms with van der Waals surface area (Å²) < 4.78 is 38.0.